The second-order valence-electron chi connectivity index (χ2n) is 5.89. The van der Waals surface area contributed by atoms with Gasteiger partial charge in [0.1, 0.15) is 10.9 Å². The van der Waals surface area contributed by atoms with Crippen LogP contribution in [-0.2, 0) is 9.59 Å². The molecule has 3 aromatic rings. The normalized spacial score (nSPS) is 17.0. The first kappa shape index (κ1) is 18.1. The third-order valence-electron chi connectivity index (χ3n) is 4.16. The first-order valence-corrected chi connectivity index (χ1v) is 9.44. The van der Waals surface area contributed by atoms with Gasteiger partial charge in [0.05, 0.1) is 36.4 Å². The summed E-state index contributed by atoms with van der Waals surface area (Å²) in [7, 11) is 0. The van der Waals surface area contributed by atoms with Gasteiger partial charge in [-0.2, -0.15) is 0 Å². The first-order chi connectivity index (χ1) is 13.6. The summed E-state index contributed by atoms with van der Waals surface area (Å²) in [5, 5.41) is 10.6. The largest absolute Gasteiger partial charge is 0.493 e. The van der Waals surface area contributed by atoms with Crippen LogP contribution in [0.2, 0.25) is 0 Å². The quantitative estimate of drug-likeness (QED) is 0.402. The van der Waals surface area contributed by atoms with Gasteiger partial charge in [0.2, 0.25) is 11.8 Å². The van der Waals surface area contributed by atoms with Crippen molar-refractivity contribution in [1.82, 2.24) is 14.5 Å². The highest BCUT2D eigenvalue weighted by molar-refractivity contribution is 7.73. The molecule has 0 aromatic carbocycles. The number of aromatic hydroxyl groups is 1. The minimum absolute atomic E-state index is 0.0918. The molecule has 0 spiro atoms. The maximum atomic E-state index is 12.9. The van der Waals surface area contributed by atoms with Gasteiger partial charge in [0.25, 0.3) is 5.91 Å². The SMILES string of the molecule is O=C1CC(n2c(O)c(C=Nc3cccnc3)sc2=S)C(=O)N1c1cccnc1. The lowest BCUT2D eigenvalue weighted by Gasteiger charge is -2.15. The van der Waals surface area contributed by atoms with Crippen LogP contribution < -0.4 is 4.90 Å². The third kappa shape index (κ3) is 3.23. The maximum absolute atomic E-state index is 12.9. The second kappa shape index (κ2) is 7.41. The summed E-state index contributed by atoms with van der Waals surface area (Å²) in [4.78, 5) is 38.9. The number of carbonyl (C=O) groups excluding carboxylic acids is 2. The molecule has 0 radical (unpaired) electrons. The van der Waals surface area contributed by atoms with Crippen LogP contribution in [0.15, 0.2) is 54.0 Å². The van der Waals surface area contributed by atoms with Gasteiger partial charge in [0, 0.05) is 12.4 Å². The lowest BCUT2D eigenvalue weighted by molar-refractivity contribution is -0.122. The fraction of sp³-hybridized carbons (Fsp3) is 0.111. The summed E-state index contributed by atoms with van der Waals surface area (Å²) in [5.41, 5.74) is 1.00. The van der Waals surface area contributed by atoms with Gasteiger partial charge in [-0.25, -0.2) is 4.90 Å². The smallest absolute Gasteiger partial charge is 0.257 e. The fourth-order valence-corrected chi connectivity index (χ4v) is 4.17. The van der Waals surface area contributed by atoms with E-state index < -0.39 is 11.9 Å². The topological polar surface area (TPSA) is 101 Å². The Morgan fingerprint density at radius 3 is 2.64 bits per heavy atom. The molecule has 1 unspecified atom stereocenters. The molecule has 10 heteroatoms. The molecule has 1 N–H and O–H groups in total. The molecule has 1 fully saturated rings. The molecule has 0 bridgehead atoms. The summed E-state index contributed by atoms with van der Waals surface area (Å²) in [5.74, 6) is -1.03. The molecule has 4 rings (SSSR count). The first-order valence-electron chi connectivity index (χ1n) is 8.21. The van der Waals surface area contributed by atoms with Crippen molar-refractivity contribution >= 4 is 53.0 Å². The number of carbonyl (C=O) groups is 2. The Kier molecular flexibility index (Phi) is 4.80. The summed E-state index contributed by atoms with van der Waals surface area (Å²) in [6.45, 7) is 0. The van der Waals surface area contributed by atoms with Crippen LogP contribution in [-0.4, -0.2) is 37.7 Å². The number of aromatic nitrogens is 3. The van der Waals surface area contributed by atoms with Crippen LogP contribution in [0.3, 0.4) is 0 Å². The Bertz CT molecular complexity index is 1130. The molecule has 1 aliphatic heterocycles. The molecule has 3 aromatic heterocycles. The average Bonchev–Trinajstić information content (AvgIpc) is 3.15. The van der Waals surface area contributed by atoms with Crippen molar-refractivity contribution < 1.29 is 14.7 Å². The number of hydrogen-bond donors (Lipinski definition) is 1. The van der Waals surface area contributed by atoms with Gasteiger partial charge in [0.15, 0.2) is 3.95 Å². The Morgan fingerprint density at radius 1 is 1.21 bits per heavy atom. The lowest BCUT2D eigenvalue weighted by atomic mass is 10.2. The summed E-state index contributed by atoms with van der Waals surface area (Å²) < 4.78 is 1.59. The van der Waals surface area contributed by atoms with Crippen molar-refractivity contribution in [2.75, 3.05) is 4.90 Å². The van der Waals surface area contributed by atoms with Crippen molar-refractivity contribution in [3.63, 3.8) is 0 Å². The van der Waals surface area contributed by atoms with E-state index in [1.165, 1.54) is 17.0 Å². The molecule has 4 heterocycles. The van der Waals surface area contributed by atoms with E-state index in [1.54, 1.807) is 42.9 Å². The zero-order chi connectivity index (χ0) is 19.7. The Labute approximate surface area is 168 Å². The van der Waals surface area contributed by atoms with Crippen LogP contribution in [0.25, 0.3) is 0 Å². The van der Waals surface area contributed by atoms with Crippen molar-refractivity contribution in [2.45, 2.75) is 12.5 Å². The van der Waals surface area contributed by atoms with E-state index >= 15 is 0 Å². The number of thiazole rings is 1. The number of nitrogens with zero attached hydrogens (tertiary/aromatic N) is 5. The van der Waals surface area contributed by atoms with Gasteiger partial charge >= 0.3 is 0 Å². The van der Waals surface area contributed by atoms with Crippen LogP contribution in [0, 0.1) is 3.95 Å². The van der Waals surface area contributed by atoms with Crippen LogP contribution in [0.1, 0.15) is 17.3 Å². The molecule has 0 aliphatic carbocycles. The average molecular weight is 411 g/mol. The number of amides is 2. The van der Waals surface area contributed by atoms with Crippen LogP contribution >= 0.6 is 23.6 Å². The zero-order valence-electron chi connectivity index (χ0n) is 14.3. The molecule has 1 saturated heterocycles. The number of aliphatic imine (C=N–C) groups is 1. The maximum Gasteiger partial charge on any atom is 0.257 e. The molecule has 8 nitrogen and oxygen atoms in total. The van der Waals surface area contributed by atoms with E-state index in [-0.39, 0.29) is 22.2 Å². The Morgan fingerprint density at radius 2 is 1.96 bits per heavy atom. The lowest BCUT2D eigenvalue weighted by Crippen LogP contribution is -2.31. The van der Waals surface area contributed by atoms with Gasteiger partial charge < -0.3 is 5.11 Å². The molecule has 140 valence electrons. The standard InChI is InChI=1S/C18H13N5O3S2/c24-15-7-13(16(25)22(15)12-4-2-6-20-9-12)23-17(26)14(28-18(23)27)10-21-11-3-1-5-19-8-11/h1-6,8-10,13,26H,7H2. The van der Waals surface area contributed by atoms with Crippen LogP contribution in [0.4, 0.5) is 11.4 Å². The predicted molar refractivity (Wildman–Crippen MR) is 107 cm³/mol. The van der Waals surface area contributed by atoms with Gasteiger partial charge in [-0.3, -0.25) is 29.1 Å². The van der Waals surface area contributed by atoms with Gasteiger partial charge in [-0.15, -0.1) is 0 Å². The summed E-state index contributed by atoms with van der Waals surface area (Å²) >= 11 is 6.44. The number of hydrogen-bond acceptors (Lipinski definition) is 8. The van der Waals surface area contributed by atoms with E-state index in [4.69, 9.17) is 12.2 Å². The minimum atomic E-state index is -0.906. The molecule has 1 atom stereocenters. The third-order valence-corrected chi connectivity index (χ3v) is 5.48. The molecule has 0 saturated carbocycles. The minimum Gasteiger partial charge on any atom is -0.493 e. The highest BCUT2D eigenvalue weighted by atomic mass is 32.1. The van der Waals surface area contributed by atoms with Crippen molar-refractivity contribution in [2.24, 2.45) is 4.99 Å². The number of anilines is 1. The van der Waals surface area contributed by atoms with E-state index in [9.17, 15) is 14.7 Å². The summed E-state index contributed by atoms with van der Waals surface area (Å²) in [6, 6.07) is 5.88. The van der Waals surface area contributed by atoms with Crippen molar-refractivity contribution in [1.29, 1.82) is 0 Å². The van der Waals surface area contributed by atoms with E-state index in [1.807, 2.05) is 0 Å². The molecule has 28 heavy (non-hydrogen) atoms. The van der Waals surface area contributed by atoms with Crippen molar-refractivity contribution in [3.8, 4) is 5.88 Å². The molecular weight excluding hydrogens is 398 g/mol. The Hall–Kier alpha value is -3.24. The van der Waals surface area contributed by atoms with E-state index in [0.29, 0.717) is 16.3 Å². The number of rotatable bonds is 4. The molecular formula is C18H13N5O3S2. The highest BCUT2D eigenvalue weighted by Gasteiger charge is 2.42. The monoisotopic (exact) mass is 411 g/mol. The predicted octanol–water partition coefficient (Wildman–Crippen LogP) is 3.03. The second-order valence-corrected chi connectivity index (χ2v) is 7.57. The zero-order valence-corrected chi connectivity index (χ0v) is 15.9. The number of imide groups is 1. The fourth-order valence-electron chi connectivity index (χ4n) is 2.89. The van der Waals surface area contributed by atoms with E-state index in [0.717, 1.165) is 16.2 Å². The van der Waals surface area contributed by atoms with E-state index in [2.05, 4.69) is 15.0 Å². The summed E-state index contributed by atoms with van der Waals surface area (Å²) in [6.07, 6.45) is 7.58. The molecule has 1 aliphatic rings. The number of pyridine rings is 2. The highest BCUT2D eigenvalue weighted by Crippen LogP contribution is 2.36. The van der Waals surface area contributed by atoms with Crippen LogP contribution in [0.5, 0.6) is 5.88 Å². The molecule has 2 amide bonds. The van der Waals surface area contributed by atoms with Crippen molar-refractivity contribution in [3.05, 3.63) is 57.9 Å². The van der Waals surface area contributed by atoms with Gasteiger partial charge in [-0.05, 0) is 36.5 Å². The Balaban J connectivity index is 1.66. The van der Waals surface area contributed by atoms with Gasteiger partial charge in [-0.1, -0.05) is 11.3 Å².